The van der Waals surface area contributed by atoms with Gasteiger partial charge in [-0.25, -0.2) is 4.39 Å². The number of fused-ring (bicyclic) bond motifs is 3. The van der Waals surface area contributed by atoms with Crippen molar-refractivity contribution in [2.45, 2.75) is 31.4 Å². The fourth-order valence-electron chi connectivity index (χ4n) is 3.23. The topological polar surface area (TPSA) is 38.8 Å². The molecule has 6 heteroatoms. The monoisotopic (exact) mass is 313 g/mol. The SMILES string of the molecule is COCC(=O)N1CC2c3ccc(F)c(Cl)c3OC2C[C@H]1C. The number of hydrogen-bond donors (Lipinski definition) is 0. The minimum atomic E-state index is -0.477. The molecule has 114 valence electrons. The number of likely N-dealkylation sites (tertiary alicyclic amines) is 1. The molecule has 3 atom stereocenters. The van der Waals surface area contributed by atoms with Gasteiger partial charge in [0.25, 0.3) is 0 Å². The highest BCUT2D eigenvalue weighted by atomic mass is 35.5. The summed E-state index contributed by atoms with van der Waals surface area (Å²) in [6.45, 7) is 2.60. The molecule has 3 rings (SSSR count). The molecule has 2 aliphatic rings. The van der Waals surface area contributed by atoms with E-state index in [2.05, 4.69) is 0 Å². The summed E-state index contributed by atoms with van der Waals surface area (Å²) in [5.41, 5.74) is 0.883. The summed E-state index contributed by atoms with van der Waals surface area (Å²) in [7, 11) is 1.51. The molecule has 0 bridgehead atoms. The second-order valence-electron chi connectivity index (χ2n) is 5.61. The molecule has 1 amide bonds. The third kappa shape index (κ3) is 2.38. The molecule has 0 aromatic heterocycles. The highest BCUT2D eigenvalue weighted by molar-refractivity contribution is 6.32. The number of benzene rings is 1. The molecule has 1 aromatic rings. The number of methoxy groups -OCH3 is 1. The van der Waals surface area contributed by atoms with Gasteiger partial charge in [-0.05, 0) is 13.0 Å². The van der Waals surface area contributed by atoms with Gasteiger partial charge in [0.2, 0.25) is 5.91 Å². The summed E-state index contributed by atoms with van der Waals surface area (Å²) >= 11 is 5.99. The number of amides is 1. The number of hydrogen-bond acceptors (Lipinski definition) is 3. The zero-order valence-electron chi connectivity index (χ0n) is 11.9. The van der Waals surface area contributed by atoms with Crippen LogP contribution in [0.5, 0.6) is 5.75 Å². The van der Waals surface area contributed by atoms with Gasteiger partial charge in [0.15, 0.2) is 0 Å². The molecule has 0 aliphatic carbocycles. The maximum absolute atomic E-state index is 13.5. The van der Waals surface area contributed by atoms with Crippen LogP contribution in [0.2, 0.25) is 5.02 Å². The van der Waals surface area contributed by atoms with Crippen molar-refractivity contribution in [3.05, 3.63) is 28.5 Å². The molecule has 0 spiro atoms. The first-order chi connectivity index (χ1) is 10.0. The zero-order valence-corrected chi connectivity index (χ0v) is 12.7. The van der Waals surface area contributed by atoms with E-state index in [0.717, 1.165) is 5.56 Å². The third-order valence-corrected chi connectivity index (χ3v) is 4.64. The number of nitrogens with zero attached hydrogens (tertiary/aromatic N) is 1. The molecule has 0 N–H and O–H groups in total. The van der Waals surface area contributed by atoms with Gasteiger partial charge in [-0.1, -0.05) is 17.7 Å². The summed E-state index contributed by atoms with van der Waals surface area (Å²) in [5, 5.41) is 0.0318. The normalized spacial score (nSPS) is 27.0. The molecule has 0 radical (unpaired) electrons. The van der Waals surface area contributed by atoms with Gasteiger partial charge in [0.05, 0.1) is 0 Å². The van der Waals surface area contributed by atoms with Crippen LogP contribution >= 0.6 is 11.6 Å². The average molecular weight is 314 g/mol. The standard InChI is InChI=1S/C15H17ClFNO3/c1-8-5-12-10(6-18(8)13(19)7-20-2)9-3-4-11(17)14(16)15(9)21-12/h3-4,8,10,12H,5-7H2,1-2H3/t8-,10?,12?/m1/s1. The van der Waals surface area contributed by atoms with E-state index in [0.29, 0.717) is 18.7 Å². The lowest BCUT2D eigenvalue weighted by atomic mass is 9.87. The molecule has 0 saturated carbocycles. The lowest BCUT2D eigenvalue weighted by Crippen LogP contribution is -2.50. The number of piperidine rings is 1. The maximum Gasteiger partial charge on any atom is 0.248 e. The van der Waals surface area contributed by atoms with Gasteiger partial charge in [-0.3, -0.25) is 4.79 Å². The molecule has 2 heterocycles. The predicted molar refractivity (Wildman–Crippen MR) is 76.2 cm³/mol. The molecule has 2 unspecified atom stereocenters. The molecule has 4 nitrogen and oxygen atoms in total. The van der Waals surface area contributed by atoms with Crippen molar-refractivity contribution in [3.8, 4) is 5.75 Å². The smallest absolute Gasteiger partial charge is 0.248 e. The van der Waals surface area contributed by atoms with Crippen molar-refractivity contribution < 1.29 is 18.7 Å². The van der Waals surface area contributed by atoms with E-state index in [-0.39, 0.29) is 35.6 Å². The molecular weight excluding hydrogens is 297 g/mol. The average Bonchev–Trinajstić information content (AvgIpc) is 2.80. The van der Waals surface area contributed by atoms with Gasteiger partial charge < -0.3 is 14.4 Å². The van der Waals surface area contributed by atoms with Gasteiger partial charge in [-0.15, -0.1) is 0 Å². The number of carbonyl (C=O) groups excluding carboxylic acids is 1. The van der Waals surface area contributed by atoms with Gasteiger partial charge in [0, 0.05) is 37.6 Å². The molecule has 1 saturated heterocycles. The first-order valence-corrected chi connectivity index (χ1v) is 7.33. The Balaban J connectivity index is 1.88. The van der Waals surface area contributed by atoms with Crippen LogP contribution in [0.3, 0.4) is 0 Å². The predicted octanol–water partition coefficient (Wildman–Crippen LogP) is 2.59. The van der Waals surface area contributed by atoms with Crippen molar-refractivity contribution in [2.75, 3.05) is 20.3 Å². The van der Waals surface area contributed by atoms with Crippen molar-refractivity contribution in [1.29, 1.82) is 0 Å². The Morgan fingerprint density at radius 2 is 2.33 bits per heavy atom. The van der Waals surface area contributed by atoms with E-state index in [1.54, 1.807) is 11.0 Å². The first-order valence-electron chi connectivity index (χ1n) is 6.96. The Bertz CT molecular complexity index is 580. The fourth-order valence-corrected chi connectivity index (χ4v) is 3.45. The van der Waals surface area contributed by atoms with Crippen LogP contribution in [-0.2, 0) is 9.53 Å². The number of ether oxygens (including phenoxy) is 2. The summed E-state index contributed by atoms with van der Waals surface area (Å²) in [6, 6.07) is 3.12. The zero-order chi connectivity index (χ0) is 15.1. The van der Waals surface area contributed by atoms with Gasteiger partial charge in [-0.2, -0.15) is 0 Å². The van der Waals surface area contributed by atoms with Crippen molar-refractivity contribution in [2.24, 2.45) is 0 Å². The summed E-state index contributed by atoms with van der Waals surface area (Å²) in [6.07, 6.45) is 0.646. The highest BCUT2D eigenvalue weighted by Crippen LogP contribution is 2.47. The Kier molecular flexibility index (Phi) is 3.80. The molecule has 21 heavy (non-hydrogen) atoms. The molecule has 1 aromatic carbocycles. The van der Waals surface area contributed by atoms with Crippen LogP contribution in [0, 0.1) is 5.82 Å². The second kappa shape index (κ2) is 5.46. The van der Waals surface area contributed by atoms with Crippen molar-refractivity contribution in [1.82, 2.24) is 4.90 Å². The van der Waals surface area contributed by atoms with Gasteiger partial charge in [0.1, 0.15) is 29.3 Å². The van der Waals surface area contributed by atoms with Crippen LogP contribution in [0.15, 0.2) is 12.1 Å². The van der Waals surface area contributed by atoms with Crippen LogP contribution in [0.4, 0.5) is 4.39 Å². The van der Waals surface area contributed by atoms with Crippen LogP contribution in [0.25, 0.3) is 0 Å². The Labute approximate surface area is 127 Å². The van der Waals surface area contributed by atoms with E-state index in [9.17, 15) is 9.18 Å². The van der Waals surface area contributed by atoms with Crippen molar-refractivity contribution >= 4 is 17.5 Å². The molecular formula is C15H17ClFNO3. The Hall–Kier alpha value is -1.33. The van der Waals surface area contributed by atoms with E-state index in [1.807, 2.05) is 6.92 Å². The number of rotatable bonds is 2. The van der Waals surface area contributed by atoms with Crippen molar-refractivity contribution in [3.63, 3.8) is 0 Å². The molecule has 2 aliphatic heterocycles. The minimum absolute atomic E-state index is 0.0318. The number of carbonyl (C=O) groups is 1. The van der Waals surface area contributed by atoms with Gasteiger partial charge >= 0.3 is 0 Å². The number of halogens is 2. The maximum atomic E-state index is 13.5. The lowest BCUT2D eigenvalue weighted by molar-refractivity contribution is -0.140. The summed E-state index contributed by atoms with van der Waals surface area (Å²) in [5.74, 6) is -0.0467. The first kappa shape index (κ1) is 14.6. The van der Waals surface area contributed by atoms with Crippen LogP contribution in [-0.4, -0.2) is 43.2 Å². The van der Waals surface area contributed by atoms with E-state index >= 15 is 0 Å². The largest absolute Gasteiger partial charge is 0.488 e. The fraction of sp³-hybridized carbons (Fsp3) is 0.533. The third-order valence-electron chi connectivity index (χ3n) is 4.28. The Morgan fingerprint density at radius 3 is 3.05 bits per heavy atom. The van der Waals surface area contributed by atoms with E-state index < -0.39 is 5.82 Å². The van der Waals surface area contributed by atoms with Crippen LogP contribution < -0.4 is 4.74 Å². The Morgan fingerprint density at radius 1 is 1.57 bits per heavy atom. The highest BCUT2D eigenvalue weighted by Gasteiger charge is 2.44. The van der Waals surface area contributed by atoms with E-state index in [1.165, 1.54) is 13.2 Å². The minimum Gasteiger partial charge on any atom is -0.488 e. The quantitative estimate of drug-likeness (QED) is 0.842. The van der Waals surface area contributed by atoms with Crippen LogP contribution in [0.1, 0.15) is 24.8 Å². The second-order valence-corrected chi connectivity index (χ2v) is 5.98. The molecule has 1 fully saturated rings. The van der Waals surface area contributed by atoms with E-state index in [4.69, 9.17) is 21.1 Å². The lowest BCUT2D eigenvalue weighted by Gasteiger charge is -2.39. The summed E-state index contributed by atoms with van der Waals surface area (Å²) < 4.78 is 24.3. The summed E-state index contributed by atoms with van der Waals surface area (Å²) in [4.78, 5) is 13.9.